The summed E-state index contributed by atoms with van der Waals surface area (Å²) in [6, 6.07) is 11.0. The molecule has 6 nitrogen and oxygen atoms in total. The number of halogens is 1. The average molecular weight is 432 g/mol. The summed E-state index contributed by atoms with van der Waals surface area (Å²) in [4.78, 5) is 16.9. The zero-order valence-corrected chi connectivity index (χ0v) is 17.2. The highest BCUT2D eigenvalue weighted by Crippen LogP contribution is 2.28. The number of anilines is 1. The van der Waals surface area contributed by atoms with E-state index in [9.17, 15) is 18.5 Å². The molecule has 1 N–H and O–H groups in total. The average Bonchev–Trinajstić information content (AvgIpc) is 3.06. The van der Waals surface area contributed by atoms with Gasteiger partial charge in [0.1, 0.15) is 0 Å². The molecular formula is C19H14ClN3O3S2. The number of carbonyl (C=O) groups is 1. The van der Waals surface area contributed by atoms with Gasteiger partial charge in [-0.25, -0.2) is 13.4 Å². The first-order chi connectivity index (χ1) is 13.2. The van der Waals surface area contributed by atoms with Gasteiger partial charge in [0.15, 0.2) is 9.84 Å². The van der Waals surface area contributed by atoms with E-state index in [0.29, 0.717) is 22.5 Å². The highest BCUT2D eigenvalue weighted by atomic mass is 35.5. The van der Waals surface area contributed by atoms with E-state index in [2.05, 4.69) is 16.4 Å². The van der Waals surface area contributed by atoms with Gasteiger partial charge in [0.05, 0.1) is 37.8 Å². The van der Waals surface area contributed by atoms with E-state index in [4.69, 9.17) is 11.6 Å². The molecule has 0 unspecified atom stereocenters. The van der Waals surface area contributed by atoms with Crippen LogP contribution in [0.1, 0.15) is 20.9 Å². The Hall–Kier alpha value is -2.73. The van der Waals surface area contributed by atoms with Crippen LogP contribution in [0.15, 0.2) is 46.7 Å². The summed E-state index contributed by atoms with van der Waals surface area (Å²) in [5, 5.41) is 14.9. The second-order valence-electron chi connectivity index (χ2n) is 5.99. The normalized spacial score (nSPS) is 11.1. The second-order valence-corrected chi connectivity index (χ2v) is 9.48. The molecule has 0 spiro atoms. The van der Waals surface area contributed by atoms with Gasteiger partial charge in [0.2, 0.25) is 0 Å². The molecule has 0 radical (unpaired) electrons. The monoisotopic (exact) mass is 431 g/mol. The molecule has 0 atom stereocenters. The minimum Gasteiger partial charge on any atom is -0.322 e. The summed E-state index contributed by atoms with van der Waals surface area (Å²) in [5.41, 5.74) is 2.31. The van der Waals surface area contributed by atoms with Crippen molar-refractivity contribution in [1.29, 1.82) is 5.26 Å². The predicted octanol–water partition coefficient (Wildman–Crippen LogP) is 4.30. The van der Waals surface area contributed by atoms with Crippen molar-refractivity contribution in [2.75, 3.05) is 11.6 Å². The van der Waals surface area contributed by atoms with Crippen LogP contribution in [0, 0.1) is 18.3 Å². The van der Waals surface area contributed by atoms with Crippen molar-refractivity contribution in [2.45, 2.75) is 11.8 Å². The lowest BCUT2D eigenvalue weighted by atomic mass is 10.1. The molecule has 3 rings (SSSR count). The van der Waals surface area contributed by atoms with Crippen LogP contribution in [0.25, 0.3) is 11.3 Å². The Kier molecular flexibility index (Phi) is 5.52. The lowest BCUT2D eigenvalue weighted by Crippen LogP contribution is -2.13. The third-order valence-corrected chi connectivity index (χ3v) is 6.10. The first-order valence-corrected chi connectivity index (χ1v) is 11.1. The van der Waals surface area contributed by atoms with Gasteiger partial charge in [-0.15, -0.1) is 11.3 Å². The van der Waals surface area contributed by atoms with E-state index in [1.54, 1.807) is 18.2 Å². The SMILES string of the molecule is Cc1nc(-c2ccc(NC(=O)c3ccc(S(C)(=O)=O)cc3Cl)cc2C#N)cs1. The fraction of sp³-hybridized carbons (Fsp3) is 0.105. The molecule has 28 heavy (non-hydrogen) atoms. The highest BCUT2D eigenvalue weighted by molar-refractivity contribution is 7.90. The van der Waals surface area contributed by atoms with Crippen LogP contribution < -0.4 is 5.32 Å². The number of nitrogens with zero attached hydrogens (tertiary/aromatic N) is 2. The zero-order chi connectivity index (χ0) is 20.5. The van der Waals surface area contributed by atoms with Crippen LogP contribution in [0.2, 0.25) is 5.02 Å². The number of aryl methyl sites for hydroxylation is 1. The van der Waals surface area contributed by atoms with Gasteiger partial charge in [0, 0.05) is 22.9 Å². The van der Waals surface area contributed by atoms with Gasteiger partial charge in [-0.1, -0.05) is 11.6 Å². The fourth-order valence-corrected chi connectivity index (χ4v) is 4.13. The molecule has 1 aromatic heterocycles. The summed E-state index contributed by atoms with van der Waals surface area (Å²) in [7, 11) is -3.42. The van der Waals surface area contributed by atoms with Gasteiger partial charge in [-0.05, 0) is 43.3 Å². The summed E-state index contributed by atoms with van der Waals surface area (Å²) in [5.74, 6) is -0.508. The number of aromatic nitrogens is 1. The third kappa shape index (κ3) is 4.22. The van der Waals surface area contributed by atoms with Crippen LogP contribution in [0.4, 0.5) is 5.69 Å². The number of nitriles is 1. The van der Waals surface area contributed by atoms with E-state index in [0.717, 1.165) is 11.3 Å². The number of nitrogens with one attached hydrogen (secondary N) is 1. The molecule has 0 bridgehead atoms. The molecule has 1 amide bonds. The Morgan fingerprint density at radius 3 is 2.57 bits per heavy atom. The van der Waals surface area contributed by atoms with E-state index >= 15 is 0 Å². The molecule has 142 valence electrons. The Balaban J connectivity index is 1.88. The van der Waals surface area contributed by atoms with E-state index in [1.165, 1.54) is 29.5 Å². The molecule has 0 saturated heterocycles. The maximum Gasteiger partial charge on any atom is 0.257 e. The summed E-state index contributed by atoms with van der Waals surface area (Å²) in [6.45, 7) is 1.88. The van der Waals surface area contributed by atoms with Crippen LogP contribution >= 0.6 is 22.9 Å². The summed E-state index contributed by atoms with van der Waals surface area (Å²) < 4.78 is 23.2. The standard InChI is InChI=1S/C19H14ClN3O3S2/c1-11-22-18(10-27-11)15-5-3-13(7-12(15)9-21)23-19(24)16-6-4-14(8-17(16)20)28(2,25)26/h3-8,10H,1-2H3,(H,23,24). The van der Waals surface area contributed by atoms with Crippen molar-refractivity contribution in [3.8, 4) is 17.3 Å². The first-order valence-electron chi connectivity index (χ1n) is 7.96. The third-order valence-electron chi connectivity index (χ3n) is 3.91. The van der Waals surface area contributed by atoms with Crippen LogP contribution in [0.3, 0.4) is 0 Å². The molecule has 0 aliphatic heterocycles. The maximum absolute atomic E-state index is 12.5. The molecule has 9 heteroatoms. The number of amides is 1. The quantitative estimate of drug-likeness (QED) is 0.663. The van der Waals surface area contributed by atoms with E-state index in [1.807, 2.05) is 12.3 Å². The molecule has 2 aromatic carbocycles. The van der Waals surface area contributed by atoms with Gasteiger partial charge >= 0.3 is 0 Å². The van der Waals surface area contributed by atoms with Crippen LogP contribution in [0.5, 0.6) is 0 Å². The number of sulfone groups is 1. The molecule has 0 aliphatic rings. The summed E-state index contributed by atoms with van der Waals surface area (Å²) in [6.07, 6.45) is 1.06. The van der Waals surface area contributed by atoms with Crippen molar-refractivity contribution in [3.05, 3.63) is 62.9 Å². The predicted molar refractivity (Wildman–Crippen MR) is 110 cm³/mol. The van der Waals surface area contributed by atoms with Crippen molar-refractivity contribution in [2.24, 2.45) is 0 Å². The Morgan fingerprint density at radius 1 is 1.25 bits per heavy atom. The number of hydrogen-bond donors (Lipinski definition) is 1. The second kappa shape index (κ2) is 7.72. The maximum atomic E-state index is 12.5. The number of hydrogen-bond acceptors (Lipinski definition) is 6. The van der Waals surface area contributed by atoms with Gasteiger partial charge < -0.3 is 5.32 Å². The summed E-state index contributed by atoms with van der Waals surface area (Å²) >= 11 is 7.57. The van der Waals surface area contributed by atoms with Crippen molar-refractivity contribution in [1.82, 2.24) is 4.98 Å². The first kappa shape index (κ1) is 20.0. The lowest BCUT2D eigenvalue weighted by molar-refractivity contribution is 0.102. The highest BCUT2D eigenvalue weighted by Gasteiger charge is 2.16. The minimum atomic E-state index is -3.42. The minimum absolute atomic E-state index is 0.0236. The number of thiazole rings is 1. The fourth-order valence-electron chi connectivity index (χ4n) is 2.53. The van der Waals surface area contributed by atoms with Crippen LogP contribution in [-0.2, 0) is 9.84 Å². The topological polar surface area (TPSA) is 99.9 Å². The van der Waals surface area contributed by atoms with E-state index < -0.39 is 15.7 Å². The van der Waals surface area contributed by atoms with Gasteiger partial charge in [0.25, 0.3) is 5.91 Å². The lowest BCUT2D eigenvalue weighted by Gasteiger charge is -2.09. The Bertz CT molecular complexity index is 1230. The van der Waals surface area contributed by atoms with Gasteiger partial charge in [-0.2, -0.15) is 5.26 Å². The molecule has 0 saturated carbocycles. The van der Waals surface area contributed by atoms with Crippen molar-refractivity contribution in [3.63, 3.8) is 0 Å². The number of rotatable bonds is 4. The molecule has 3 aromatic rings. The molecule has 0 fully saturated rings. The molecule has 1 heterocycles. The molecule has 0 aliphatic carbocycles. The van der Waals surface area contributed by atoms with Crippen molar-refractivity contribution >= 4 is 44.4 Å². The zero-order valence-electron chi connectivity index (χ0n) is 14.9. The van der Waals surface area contributed by atoms with Gasteiger partial charge in [-0.3, -0.25) is 4.79 Å². The van der Waals surface area contributed by atoms with Crippen molar-refractivity contribution < 1.29 is 13.2 Å². The van der Waals surface area contributed by atoms with E-state index in [-0.39, 0.29) is 15.5 Å². The number of benzene rings is 2. The smallest absolute Gasteiger partial charge is 0.257 e. The Morgan fingerprint density at radius 2 is 2.00 bits per heavy atom. The largest absolute Gasteiger partial charge is 0.322 e. The Labute approximate surface area is 171 Å². The molecular weight excluding hydrogens is 418 g/mol. The van der Waals surface area contributed by atoms with Crippen LogP contribution in [-0.4, -0.2) is 25.6 Å². The number of carbonyl (C=O) groups excluding carboxylic acids is 1.